The quantitative estimate of drug-likeness (QED) is 0.744. The SMILES string of the molecule is C=CC(O)c1c(OC)cccc1OC. The van der Waals surface area contributed by atoms with Crippen molar-refractivity contribution in [2.45, 2.75) is 6.10 Å². The molecule has 0 aromatic heterocycles. The van der Waals surface area contributed by atoms with Crippen molar-refractivity contribution in [1.82, 2.24) is 0 Å². The van der Waals surface area contributed by atoms with E-state index in [1.165, 1.54) is 6.08 Å². The fraction of sp³-hybridized carbons (Fsp3) is 0.273. The molecule has 1 aromatic carbocycles. The molecule has 1 atom stereocenters. The van der Waals surface area contributed by atoms with E-state index in [-0.39, 0.29) is 0 Å². The van der Waals surface area contributed by atoms with Crippen molar-refractivity contribution in [2.75, 3.05) is 14.2 Å². The topological polar surface area (TPSA) is 38.7 Å². The Balaban J connectivity index is 3.25. The molecule has 1 unspecified atom stereocenters. The average Bonchev–Trinajstić information content (AvgIpc) is 2.26. The second-order valence-corrected chi connectivity index (χ2v) is 2.76. The third-order valence-corrected chi connectivity index (χ3v) is 1.98. The van der Waals surface area contributed by atoms with E-state index >= 15 is 0 Å². The average molecular weight is 194 g/mol. The van der Waals surface area contributed by atoms with Gasteiger partial charge in [0.25, 0.3) is 0 Å². The molecule has 0 spiro atoms. The lowest BCUT2D eigenvalue weighted by Crippen LogP contribution is -2.00. The van der Waals surface area contributed by atoms with Gasteiger partial charge in [0, 0.05) is 0 Å². The summed E-state index contributed by atoms with van der Waals surface area (Å²) in [5, 5.41) is 9.68. The van der Waals surface area contributed by atoms with Gasteiger partial charge < -0.3 is 14.6 Å². The van der Waals surface area contributed by atoms with E-state index < -0.39 is 6.10 Å². The van der Waals surface area contributed by atoms with Gasteiger partial charge in [0.2, 0.25) is 0 Å². The van der Waals surface area contributed by atoms with Crippen LogP contribution in [0, 0.1) is 0 Å². The minimum absolute atomic E-state index is 0.594. The Morgan fingerprint density at radius 2 is 1.79 bits per heavy atom. The molecule has 0 aliphatic carbocycles. The lowest BCUT2D eigenvalue weighted by molar-refractivity contribution is 0.217. The normalized spacial score (nSPS) is 11.9. The Hall–Kier alpha value is -1.48. The molecule has 0 aliphatic rings. The fourth-order valence-electron chi connectivity index (χ4n) is 1.29. The Kier molecular flexibility index (Phi) is 3.54. The predicted molar refractivity (Wildman–Crippen MR) is 54.7 cm³/mol. The number of ether oxygens (including phenoxy) is 2. The van der Waals surface area contributed by atoms with Crippen LogP contribution in [0.2, 0.25) is 0 Å². The number of aliphatic hydroxyl groups is 1. The monoisotopic (exact) mass is 194 g/mol. The van der Waals surface area contributed by atoms with Crippen LogP contribution in [0.1, 0.15) is 11.7 Å². The molecule has 1 rings (SSSR count). The van der Waals surface area contributed by atoms with Crippen LogP contribution in [-0.4, -0.2) is 19.3 Å². The number of hydrogen-bond donors (Lipinski definition) is 1. The molecule has 1 aromatic rings. The molecule has 0 saturated carbocycles. The number of benzene rings is 1. The minimum atomic E-state index is -0.777. The zero-order chi connectivity index (χ0) is 10.6. The number of methoxy groups -OCH3 is 2. The summed E-state index contributed by atoms with van der Waals surface area (Å²) in [6.07, 6.45) is 0.654. The van der Waals surface area contributed by atoms with E-state index in [2.05, 4.69) is 6.58 Å². The molecule has 76 valence electrons. The Labute approximate surface area is 83.6 Å². The molecule has 0 radical (unpaired) electrons. The largest absolute Gasteiger partial charge is 0.496 e. The first kappa shape index (κ1) is 10.6. The van der Waals surface area contributed by atoms with E-state index in [1.54, 1.807) is 32.4 Å². The van der Waals surface area contributed by atoms with Gasteiger partial charge in [-0.25, -0.2) is 0 Å². The van der Waals surface area contributed by atoms with Crippen molar-refractivity contribution in [1.29, 1.82) is 0 Å². The highest BCUT2D eigenvalue weighted by Gasteiger charge is 2.15. The second kappa shape index (κ2) is 4.67. The maximum absolute atomic E-state index is 9.68. The molecule has 0 fully saturated rings. The van der Waals surface area contributed by atoms with Crippen LogP contribution < -0.4 is 9.47 Å². The molecule has 0 heterocycles. The maximum Gasteiger partial charge on any atom is 0.128 e. The van der Waals surface area contributed by atoms with Gasteiger partial charge in [0.05, 0.1) is 19.8 Å². The van der Waals surface area contributed by atoms with E-state index in [0.29, 0.717) is 17.1 Å². The molecule has 3 nitrogen and oxygen atoms in total. The molecule has 1 N–H and O–H groups in total. The van der Waals surface area contributed by atoms with Gasteiger partial charge >= 0.3 is 0 Å². The first-order valence-electron chi connectivity index (χ1n) is 4.26. The summed E-state index contributed by atoms with van der Waals surface area (Å²) >= 11 is 0. The van der Waals surface area contributed by atoms with Crippen LogP contribution in [0.25, 0.3) is 0 Å². The van der Waals surface area contributed by atoms with Crippen molar-refractivity contribution >= 4 is 0 Å². The van der Waals surface area contributed by atoms with Crippen LogP contribution in [-0.2, 0) is 0 Å². The van der Waals surface area contributed by atoms with Crippen molar-refractivity contribution in [3.05, 3.63) is 36.4 Å². The fourth-order valence-corrected chi connectivity index (χ4v) is 1.29. The van der Waals surface area contributed by atoms with Gasteiger partial charge in [0.1, 0.15) is 17.6 Å². The molecule has 0 bridgehead atoms. The van der Waals surface area contributed by atoms with Crippen molar-refractivity contribution in [3.8, 4) is 11.5 Å². The van der Waals surface area contributed by atoms with Gasteiger partial charge in [-0.1, -0.05) is 12.1 Å². The third-order valence-electron chi connectivity index (χ3n) is 1.98. The molecular formula is C11H14O3. The summed E-state index contributed by atoms with van der Waals surface area (Å²) in [6, 6.07) is 5.34. The number of hydrogen-bond acceptors (Lipinski definition) is 3. The summed E-state index contributed by atoms with van der Waals surface area (Å²) < 4.78 is 10.2. The lowest BCUT2D eigenvalue weighted by Gasteiger charge is -2.15. The van der Waals surface area contributed by atoms with Gasteiger partial charge in [-0.05, 0) is 12.1 Å². The number of rotatable bonds is 4. The van der Waals surface area contributed by atoms with Gasteiger partial charge in [-0.2, -0.15) is 0 Å². The van der Waals surface area contributed by atoms with Crippen LogP contribution in [0.15, 0.2) is 30.9 Å². The summed E-state index contributed by atoms with van der Waals surface area (Å²) in [6.45, 7) is 3.53. The highest BCUT2D eigenvalue weighted by molar-refractivity contribution is 5.47. The summed E-state index contributed by atoms with van der Waals surface area (Å²) in [5.41, 5.74) is 0.604. The van der Waals surface area contributed by atoms with E-state index in [1.807, 2.05) is 0 Å². The van der Waals surface area contributed by atoms with Crippen molar-refractivity contribution in [3.63, 3.8) is 0 Å². The zero-order valence-electron chi connectivity index (χ0n) is 8.36. The number of aliphatic hydroxyl groups excluding tert-OH is 1. The van der Waals surface area contributed by atoms with E-state index in [0.717, 1.165) is 0 Å². The third kappa shape index (κ3) is 1.88. The van der Waals surface area contributed by atoms with E-state index in [4.69, 9.17) is 9.47 Å². The molecular weight excluding hydrogens is 180 g/mol. The van der Waals surface area contributed by atoms with Crippen molar-refractivity contribution < 1.29 is 14.6 Å². The summed E-state index contributed by atoms with van der Waals surface area (Å²) in [5.74, 6) is 1.19. The van der Waals surface area contributed by atoms with Crippen LogP contribution in [0.5, 0.6) is 11.5 Å². The van der Waals surface area contributed by atoms with Crippen LogP contribution in [0.4, 0.5) is 0 Å². The van der Waals surface area contributed by atoms with Crippen molar-refractivity contribution in [2.24, 2.45) is 0 Å². The second-order valence-electron chi connectivity index (χ2n) is 2.76. The smallest absolute Gasteiger partial charge is 0.128 e. The van der Waals surface area contributed by atoms with Gasteiger partial charge in [-0.3, -0.25) is 0 Å². The highest BCUT2D eigenvalue weighted by atomic mass is 16.5. The molecule has 0 amide bonds. The molecule has 14 heavy (non-hydrogen) atoms. The first-order valence-corrected chi connectivity index (χ1v) is 4.26. The summed E-state index contributed by atoms with van der Waals surface area (Å²) in [4.78, 5) is 0. The lowest BCUT2D eigenvalue weighted by atomic mass is 10.1. The van der Waals surface area contributed by atoms with Gasteiger partial charge in [0.15, 0.2) is 0 Å². The van der Waals surface area contributed by atoms with Crippen LogP contribution in [0.3, 0.4) is 0 Å². The first-order chi connectivity index (χ1) is 6.74. The Morgan fingerprint density at radius 1 is 1.29 bits per heavy atom. The zero-order valence-corrected chi connectivity index (χ0v) is 8.36. The van der Waals surface area contributed by atoms with E-state index in [9.17, 15) is 5.11 Å². The predicted octanol–water partition coefficient (Wildman–Crippen LogP) is 1.92. The standard InChI is InChI=1S/C11H14O3/c1-4-8(12)11-9(13-2)6-5-7-10(11)14-3/h4-8,12H,1H2,2-3H3. The Bertz CT molecular complexity index is 298. The van der Waals surface area contributed by atoms with Gasteiger partial charge in [-0.15, -0.1) is 6.58 Å². The highest BCUT2D eigenvalue weighted by Crippen LogP contribution is 2.34. The molecule has 0 aliphatic heterocycles. The van der Waals surface area contributed by atoms with Crippen LogP contribution >= 0.6 is 0 Å². The minimum Gasteiger partial charge on any atom is -0.496 e. The maximum atomic E-state index is 9.68. The Morgan fingerprint density at radius 3 is 2.14 bits per heavy atom. The molecule has 0 saturated heterocycles. The summed E-state index contributed by atoms with van der Waals surface area (Å²) in [7, 11) is 3.10. The molecule has 3 heteroatoms.